The molecule has 0 aliphatic rings. The minimum Gasteiger partial charge on any atom is -0.241 e. The molecule has 0 saturated carbocycles. The van der Waals surface area contributed by atoms with Crippen molar-refractivity contribution in [2.24, 2.45) is 0 Å². The molecule has 1 N–H and O–H groups in total. The van der Waals surface area contributed by atoms with E-state index in [2.05, 4.69) is 9.71 Å². The fourth-order valence-electron chi connectivity index (χ4n) is 1.89. The summed E-state index contributed by atoms with van der Waals surface area (Å²) in [6.07, 6.45) is 2.07. The summed E-state index contributed by atoms with van der Waals surface area (Å²) >= 11 is 1.47. The van der Waals surface area contributed by atoms with E-state index in [-0.39, 0.29) is 11.6 Å². The Morgan fingerprint density at radius 1 is 1.27 bits per heavy atom. The Labute approximate surface area is 134 Å². The molecule has 0 atom stereocenters. The smallest absolute Gasteiger partial charge is 0.211 e. The van der Waals surface area contributed by atoms with Crippen LogP contribution in [0.2, 0.25) is 0 Å². The molecule has 1 heterocycles. The van der Waals surface area contributed by atoms with Crippen molar-refractivity contribution in [1.82, 2.24) is 9.71 Å². The average molecular weight is 342 g/mol. The van der Waals surface area contributed by atoms with Crippen LogP contribution < -0.4 is 4.72 Å². The topological polar surface area (TPSA) is 59.1 Å². The quantitative estimate of drug-likeness (QED) is 0.801. The second-order valence-corrected chi connectivity index (χ2v) is 7.75. The summed E-state index contributed by atoms with van der Waals surface area (Å²) in [6, 6.07) is 6.17. The zero-order valence-electron chi connectivity index (χ0n) is 12.4. The lowest BCUT2D eigenvalue weighted by molar-refractivity contribution is 0.578. The maximum Gasteiger partial charge on any atom is 0.211 e. The van der Waals surface area contributed by atoms with Gasteiger partial charge in [0.1, 0.15) is 10.8 Å². The van der Waals surface area contributed by atoms with Crippen LogP contribution in [0.4, 0.5) is 4.39 Å². The predicted molar refractivity (Wildman–Crippen MR) is 87.9 cm³/mol. The molecule has 0 unspecified atom stereocenters. The molecule has 0 aliphatic carbocycles. The van der Waals surface area contributed by atoms with E-state index in [1.807, 2.05) is 12.3 Å². The van der Waals surface area contributed by atoms with Gasteiger partial charge in [-0.2, -0.15) is 0 Å². The molecular weight excluding hydrogens is 323 g/mol. The molecule has 2 aromatic rings. The SMILES string of the molecule is CCCCS(=O)(=O)NCCc1csc(-c2ccc(F)cc2)n1. The molecule has 0 bridgehead atoms. The summed E-state index contributed by atoms with van der Waals surface area (Å²) in [7, 11) is -3.18. The van der Waals surface area contributed by atoms with Gasteiger partial charge in [-0.15, -0.1) is 11.3 Å². The molecule has 0 radical (unpaired) electrons. The van der Waals surface area contributed by atoms with Crippen LogP contribution in [0.5, 0.6) is 0 Å². The molecule has 2 rings (SSSR count). The molecule has 4 nitrogen and oxygen atoms in total. The maximum absolute atomic E-state index is 12.9. The molecule has 0 aliphatic heterocycles. The van der Waals surface area contributed by atoms with Crippen molar-refractivity contribution in [2.75, 3.05) is 12.3 Å². The lowest BCUT2D eigenvalue weighted by Crippen LogP contribution is -2.28. The Hall–Kier alpha value is -1.31. The van der Waals surface area contributed by atoms with Gasteiger partial charge in [0.15, 0.2) is 0 Å². The van der Waals surface area contributed by atoms with E-state index in [1.165, 1.54) is 23.5 Å². The van der Waals surface area contributed by atoms with Gasteiger partial charge in [-0.1, -0.05) is 13.3 Å². The Bertz CT molecular complexity index is 697. The number of benzene rings is 1. The molecule has 0 spiro atoms. The number of aromatic nitrogens is 1. The first-order valence-electron chi connectivity index (χ1n) is 7.18. The molecule has 0 saturated heterocycles. The summed E-state index contributed by atoms with van der Waals surface area (Å²) in [6.45, 7) is 2.31. The number of sulfonamides is 1. The van der Waals surface area contributed by atoms with Crippen molar-refractivity contribution in [3.05, 3.63) is 41.2 Å². The molecule has 0 fully saturated rings. The highest BCUT2D eigenvalue weighted by Crippen LogP contribution is 2.23. The van der Waals surface area contributed by atoms with Crippen molar-refractivity contribution in [1.29, 1.82) is 0 Å². The lowest BCUT2D eigenvalue weighted by atomic mass is 10.2. The molecule has 0 amide bonds. The Kier molecular flexibility index (Phi) is 6.05. The minimum absolute atomic E-state index is 0.168. The van der Waals surface area contributed by atoms with Gasteiger partial charge in [0.2, 0.25) is 10.0 Å². The van der Waals surface area contributed by atoms with Crippen LogP contribution in [-0.4, -0.2) is 25.7 Å². The molecule has 120 valence electrons. The van der Waals surface area contributed by atoms with Gasteiger partial charge >= 0.3 is 0 Å². The molecule has 22 heavy (non-hydrogen) atoms. The van der Waals surface area contributed by atoms with Gasteiger partial charge in [-0.3, -0.25) is 0 Å². The van der Waals surface area contributed by atoms with E-state index in [0.29, 0.717) is 19.4 Å². The molecule has 1 aromatic heterocycles. The average Bonchev–Trinajstić information content (AvgIpc) is 2.94. The van der Waals surface area contributed by atoms with Gasteiger partial charge < -0.3 is 0 Å². The molecule has 1 aromatic carbocycles. The molecule has 7 heteroatoms. The minimum atomic E-state index is -3.18. The number of halogens is 1. The van der Waals surface area contributed by atoms with Crippen molar-refractivity contribution < 1.29 is 12.8 Å². The van der Waals surface area contributed by atoms with Crippen LogP contribution in [0.1, 0.15) is 25.5 Å². The summed E-state index contributed by atoms with van der Waals surface area (Å²) in [5.41, 5.74) is 1.70. The van der Waals surface area contributed by atoms with Gasteiger partial charge in [0.25, 0.3) is 0 Å². The van der Waals surface area contributed by atoms with Gasteiger partial charge in [-0.05, 0) is 30.7 Å². The zero-order valence-corrected chi connectivity index (χ0v) is 14.0. The van der Waals surface area contributed by atoms with Gasteiger partial charge in [-0.25, -0.2) is 22.5 Å². The van der Waals surface area contributed by atoms with Crippen LogP contribution in [0, 0.1) is 5.82 Å². The predicted octanol–water partition coefficient (Wildman–Crippen LogP) is 3.21. The normalized spacial score (nSPS) is 11.7. The summed E-state index contributed by atoms with van der Waals surface area (Å²) in [5, 5.41) is 2.71. The fraction of sp³-hybridized carbons (Fsp3) is 0.400. The third-order valence-corrected chi connectivity index (χ3v) is 5.52. The third kappa shape index (κ3) is 5.15. The number of rotatable bonds is 8. The number of nitrogens with zero attached hydrogens (tertiary/aromatic N) is 1. The van der Waals surface area contributed by atoms with E-state index in [1.54, 1.807) is 12.1 Å². The third-order valence-electron chi connectivity index (χ3n) is 3.11. The summed E-state index contributed by atoms with van der Waals surface area (Å²) in [4.78, 5) is 4.45. The van der Waals surface area contributed by atoms with Crippen LogP contribution in [-0.2, 0) is 16.4 Å². The van der Waals surface area contributed by atoms with Crippen molar-refractivity contribution in [3.63, 3.8) is 0 Å². The second kappa shape index (κ2) is 7.80. The number of thiazole rings is 1. The van der Waals surface area contributed by atoms with Crippen molar-refractivity contribution in [3.8, 4) is 10.6 Å². The fourth-order valence-corrected chi connectivity index (χ4v) is 3.97. The van der Waals surface area contributed by atoms with E-state index in [4.69, 9.17) is 0 Å². The second-order valence-electron chi connectivity index (χ2n) is 4.97. The lowest BCUT2D eigenvalue weighted by Gasteiger charge is -2.04. The van der Waals surface area contributed by atoms with E-state index >= 15 is 0 Å². The van der Waals surface area contributed by atoms with Crippen LogP contribution >= 0.6 is 11.3 Å². The van der Waals surface area contributed by atoms with E-state index < -0.39 is 10.0 Å². The number of unbranched alkanes of at least 4 members (excludes halogenated alkanes) is 1. The monoisotopic (exact) mass is 342 g/mol. The summed E-state index contributed by atoms with van der Waals surface area (Å²) in [5.74, 6) is -0.108. The highest BCUT2D eigenvalue weighted by Gasteiger charge is 2.10. The van der Waals surface area contributed by atoms with Gasteiger partial charge in [0.05, 0.1) is 11.4 Å². The Morgan fingerprint density at radius 3 is 2.68 bits per heavy atom. The highest BCUT2D eigenvalue weighted by atomic mass is 32.2. The van der Waals surface area contributed by atoms with Crippen LogP contribution in [0.3, 0.4) is 0 Å². The van der Waals surface area contributed by atoms with Crippen LogP contribution in [0.15, 0.2) is 29.6 Å². The zero-order chi connectivity index (χ0) is 16.0. The maximum atomic E-state index is 12.9. The number of nitrogens with one attached hydrogen (secondary N) is 1. The number of hydrogen-bond acceptors (Lipinski definition) is 4. The first-order valence-corrected chi connectivity index (χ1v) is 9.71. The van der Waals surface area contributed by atoms with E-state index in [0.717, 1.165) is 22.7 Å². The first kappa shape index (κ1) is 17.1. The molecular formula is C15H19FN2O2S2. The van der Waals surface area contributed by atoms with Crippen molar-refractivity contribution >= 4 is 21.4 Å². The first-order chi connectivity index (χ1) is 10.5. The van der Waals surface area contributed by atoms with Gasteiger partial charge in [0, 0.05) is 23.9 Å². The van der Waals surface area contributed by atoms with Crippen molar-refractivity contribution in [2.45, 2.75) is 26.2 Å². The number of hydrogen-bond donors (Lipinski definition) is 1. The Balaban J connectivity index is 1.89. The largest absolute Gasteiger partial charge is 0.241 e. The Morgan fingerprint density at radius 2 is 2.00 bits per heavy atom. The highest BCUT2D eigenvalue weighted by molar-refractivity contribution is 7.89. The van der Waals surface area contributed by atoms with Crippen LogP contribution in [0.25, 0.3) is 10.6 Å². The van der Waals surface area contributed by atoms with E-state index in [9.17, 15) is 12.8 Å². The summed E-state index contributed by atoms with van der Waals surface area (Å²) < 4.78 is 38.8. The standard InChI is InChI=1S/C15H19FN2O2S2/c1-2-3-10-22(19,20)17-9-8-14-11-21-15(18-14)12-4-6-13(16)7-5-12/h4-7,11,17H,2-3,8-10H2,1H3.